The van der Waals surface area contributed by atoms with Gasteiger partial charge in [-0.1, -0.05) is 6.07 Å². The zero-order valence-corrected chi connectivity index (χ0v) is 13.2. The molecule has 0 atom stereocenters. The first-order valence-electron chi connectivity index (χ1n) is 6.48. The Morgan fingerprint density at radius 2 is 2.09 bits per heavy atom. The zero-order chi connectivity index (χ0) is 17.2. The van der Waals surface area contributed by atoms with E-state index in [0.717, 1.165) is 11.8 Å². The van der Waals surface area contributed by atoms with Crippen molar-refractivity contribution in [2.75, 3.05) is 6.26 Å². The largest absolute Gasteiger partial charge is 0.311 e. The zero-order valence-electron chi connectivity index (χ0n) is 12.4. The number of nitro groups is 1. The molecule has 0 saturated heterocycles. The highest BCUT2D eigenvalue weighted by Gasteiger charge is 2.18. The normalized spacial score (nSPS) is 12.0. The molecule has 23 heavy (non-hydrogen) atoms. The molecule has 0 amide bonds. The monoisotopic (exact) mass is 331 g/mol. The van der Waals surface area contributed by atoms with Gasteiger partial charge in [-0.25, -0.2) is 8.42 Å². The number of benzene rings is 1. The standard InChI is InChI=1S/C15H13N3O4S/c1-11-5-6-14(15(8-11)18(19)20)17-7-3-4-12(17)9-13(10-16)23(2,21)22/h3-9H,1-2H3/b13-9+. The smallest absolute Gasteiger partial charge is 0.293 e. The van der Waals surface area contributed by atoms with Crippen molar-refractivity contribution in [2.45, 2.75) is 6.92 Å². The van der Waals surface area contributed by atoms with Gasteiger partial charge in [-0.3, -0.25) is 10.1 Å². The van der Waals surface area contributed by atoms with Crippen LogP contribution in [0, 0.1) is 28.4 Å². The van der Waals surface area contributed by atoms with Crippen molar-refractivity contribution >= 4 is 21.6 Å². The van der Waals surface area contributed by atoms with Gasteiger partial charge in [0.1, 0.15) is 16.7 Å². The average molecular weight is 331 g/mol. The van der Waals surface area contributed by atoms with Gasteiger partial charge in [-0.2, -0.15) is 5.26 Å². The number of rotatable bonds is 4. The molecule has 0 aliphatic rings. The van der Waals surface area contributed by atoms with Crippen molar-refractivity contribution in [3.05, 3.63) is 62.8 Å². The molecule has 0 aliphatic carbocycles. The molecular formula is C15H13N3O4S. The molecule has 0 unspecified atom stereocenters. The first-order chi connectivity index (χ1) is 10.7. The molecule has 2 rings (SSSR count). The summed E-state index contributed by atoms with van der Waals surface area (Å²) in [4.78, 5) is 10.3. The van der Waals surface area contributed by atoms with E-state index in [2.05, 4.69) is 0 Å². The van der Waals surface area contributed by atoms with Gasteiger partial charge in [-0.15, -0.1) is 0 Å². The highest BCUT2D eigenvalue weighted by atomic mass is 32.2. The lowest BCUT2D eigenvalue weighted by atomic mass is 10.2. The summed E-state index contributed by atoms with van der Waals surface area (Å²) >= 11 is 0. The Balaban J connectivity index is 2.67. The fraction of sp³-hybridized carbons (Fsp3) is 0.133. The van der Waals surface area contributed by atoms with Gasteiger partial charge >= 0.3 is 0 Å². The minimum absolute atomic E-state index is 0.103. The van der Waals surface area contributed by atoms with Crippen LogP contribution in [0.25, 0.3) is 11.8 Å². The second kappa shape index (κ2) is 6.06. The predicted molar refractivity (Wildman–Crippen MR) is 85.6 cm³/mol. The SMILES string of the molecule is Cc1ccc(-n2cccc2/C=C(\C#N)S(C)(=O)=O)c([N+](=O)[O-])c1. The van der Waals surface area contributed by atoms with Gasteiger partial charge in [0.25, 0.3) is 5.69 Å². The van der Waals surface area contributed by atoms with Gasteiger partial charge in [0.15, 0.2) is 9.84 Å². The van der Waals surface area contributed by atoms with Crippen LogP contribution in [-0.4, -0.2) is 24.2 Å². The molecular weight excluding hydrogens is 318 g/mol. The van der Waals surface area contributed by atoms with E-state index in [1.54, 1.807) is 43.5 Å². The lowest BCUT2D eigenvalue weighted by molar-refractivity contribution is -0.384. The fourth-order valence-corrected chi connectivity index (χ4v) is 2.57. The third-order valence-corrected chi connectivity index (χ3v) is 4.16. The van der Waals surface area contributed by atoms with Crippen LogP contribution in [0.4, 0.5) is 5.69 Å². The van der Waals surface area contributed by atoms with E-state index in [4.69, 9.17) is 5.26 Å². The molecule has 1 heterocycles. The summed E-state index contributed by atoms with van der Waals surface area (Å²) < 4.78 is 24.6. The van der Waals surface area contributed by atoms with E-state index in [0.29, 0.717) is 11.4 Å². The lowest BCUT2D eigenvalue weighted by Crippen LogP contribution is -2.03. The number of aryl methyl sites for hydroxylation is 1. The number of nitro benzene ring substituents is 1. The predicted octanol–water partition coefficient (Wildman–Crippen LogP) is 2.60. The summed E-state index contributed by atoms with van der Waals surface area (Å²) in [6.45, 7) is 1.74. The summed E-state index contributed by atoms with van der Waals surface area (Å²) in [5, 5.41) is 20.2. The second-order valence-electron chi connectivity index (χ2n) is 4.94. The summed E-state index contributed by atoms with van der Waals surface area (Å²) in [5.41, 5.74) is 1.29. The topological polar surface area (TPSA) is 106 Å². The van der Waals surface area contributed by atoms with Crippen LogP contribution in [-0.2, 0) is 9.84 Å². The number of allylic oxidation sites excluding steroid dienone is 1. The van der Waals surface area contributed by atoms with Crippen molar-refractivity contribution in [1.82, 2.24) is 4.57 Å². The maximum Gasteiger partial charge on any atom is 0.293 e. The van der Waals surface area contributed by atoms with Gasteiger partial charge < -0.3 is 4.57 Å². The summed E-state index contributed by atoms with van der Waals surface area (Å²) in [6.07, 6.45) is 3.70. The van der Waals surface area contributed by atoms with E-state index in [1.807, 2.05) is 0 Å². The highest BCUT2D eigenvalue weighted by Crippen LogP contribution is 2.26. The van der Waals surface area contributed by atoms with E-state index in [9.17, 15) is 18.5 Å². The summed E-state index contributed by atoms with van der Waals surface area (Å²) in [5.74, 6) is 0. The van der Waals surface area contributed by atoms with Gasteiger partial charge in [-0.05, 0) is 36.8 Å². The second-order valence-corrected chi connectivity index (χ2v) is 6.93. The number of nitriles is 1. The molecule has 2 aromatic rings. The first-order valence-corrected chi connectivity index (χ1v) is 8.38. The number of nitrogens with zero attached hydrogens (tertiary/aromatic N) is 3. The van der Waals surface area contributed by atoms with Crippen molar-refractivity contribution in [1.29, 1.82) is 5.26 Å². The Labute approximate surface area is 133 Å². The van der Waals surface area contributed by atoms with Crippen LogP contribution in [0.5, 0.6) is 0 Å². The molecule has 8 heteroatoms. The van der Waals surface area contributed by atoms with E-state index in [-0.39, 0.29) is 5.69 Å². The molecule has 0 spiro atoms. The molecule has 118 valence electrons. The summed E-state index contributed by atoms with van der Waals surface area (Å²) in [6, 6.07) is 9.56. The molecule has 0 bridgehead atoms. The molecule has 1 aromatic heterocycles. The van der Waals surface area contributed by atoms with Crippen molar-refractivity contribution in [3.8, 4) is 11.8 Å². The van der Waals surface area contributed by atoms with Crippen molar-refractivity contribution < 1.29 is 13.3 Å². The molecule has 7 nitrogen and oxygen atoms in total. The Kier molecular flexibility index (Phi) is 4.33. The van der Waals surface area contributed by atoms with Crippen LogP contribution >= 0.6 is 0 Å². The van der Waals surface area contributed by atoms with E-state index < -0.39 is 19.7 Å². The van der Waals surface area contributed by atoms with Crippen LogP contribution in [0.3, 0.4) is 0 Å². The van der Waals surface area contributed by atoms with Gasteiger partial charge in [0.05, 0.1) is 4.92 Å². The highest BCUT2D eigenvalue weighted by molar-refractivity contribution is 7.95. The number of sulfone groups is 1. The molecule has 0 saturated carbocycles. The van der Waals surface area contributed by atoms with E-state index >= 15 is 0 Å². The first kappa shape index (κ1) is 16.5. The molecule has 0 aliphatic heterocycles. The third kappa shape index (κ3) is 3.46. The Morgan fingerprint density at radius 1 is 1.39 bits per heavy atom. The average Bonchev–Trinajstić information content (AvgIpc) is 2.91. The Hall–Kier alpha value is -2.92. The van der Waals surface area contributed by atoms with Crippen LogP contribution in [0.2, 0.25) is 0 Å². The quantitative estimate of drug-likeness (QED) is 0.486. The number of hydrogen-bond donors (Lipinski definition) is 0. The van der Waals surface area contributed by atoms with E-state index in [1.165, 1.54) is 16.7 Å². The Bertz CT molecular complexity index is 949. The molecule has 0 fully saturated rings. The fourth-order valence-electron chi connectivity index (χ4n) is 2.07. The molecule has 0 N–H and O–H groups in total. The van der Waals surface area contributed by atoms with Crippen molar-refractivity contribution in [2.24, 2.45) is 0 Å². The number of hydrogen-bond acceptors (Lipinski definition) is 5. The Morgan fingerprint density at radius 3 is 2.65 bits per heavy atom. The molecule has 1 aromatic carbocycles. The minimum Gasteiger partial charge on any atom is -0.311 e. The van der Waals surface area contributed by atoms with Crippen molar-refractivity contribution in [3.63, 3.8) is 0 Å². The number of aromatic nitrogens is 1. The summed E-state index contributed by atoms with van der Waals surface area (Å²) in [7, 11) is -3.67. The van der Waals surface area contributed by atoms with Gasteiger partial charge in [0, 0.05) is 24.2 Å². The van der Waals surface area contributed by atoms with Gasteiger partial charge in [0.2, 0.25) is 0 Å². The van der Waals surface area contributed by atoms with Crippen LogP contribution in [0.15, 0.2) is 41.4 Å². The maximum absolute atomic E-state index is 11.5. The van der Waals surface area contributed by atoms with Crippen LogP contribution in [0.1, 0.15) is 11.3 Å². The maximum atomic E-state index is 11.5. The lowest BCUT2D eigenvalue weighted by Gasteiger charge is -2.08. The van der Waals surface area contributed by atoms with Crippen LogP contribution < -0.4 is 0 Å². The third-order valence-electron chi connectivity index (χ3n) is 3.16. The molecule has 0 radical (unpaired) electrons. The minimum atomic E-state index is -3.67.